The molecule has 0 N–H and O–H groups in total. The first-order valence-electron chi connectivity index (χ1n) is 14.7. The van der Waals surface area contributed by atoms with E-state index in [0.29, 0.717) is 0 Å². The van der Waals surface area contributed by atoms with Crippen LogP contribution in [0.15, 0.2) is 0 Å². The molecule has 1 unspecified atom stereocenters. The van der Waals surface area contributed by atoms with Gasteiger partial charge in [0.2, 0.25) is 0 Å². The van der Waals surface area contributed by atoms with Gasteiger partial charge in [0.25, 0.3) is 0 Å². The third-order valence-corrected chi connectivity index (χ3v) is 7.11. The minimum absolute atomic E-state index is 0. The Morgan fingerprint density at radius 1 is 0.441 bits per heavy atom. The molecule has 0 aliphatic carbocycles. The molecule has 0 saturated carbocycles. The van der Waals surface area contributed by atoms with Crippen molar-refractivity contribution < 1.29 is 0 Å². The molecule has 3 saturated heterocycles. The van der Waals surface area contributed by atoms with E-state index in [1.165, 1.54) is 58.5 Å². The maximum Gasteiger partial charge on any atom is 0.000953 e. The lowest BCUT2D eigenvalue weighted by atomic mass is 9.95. The lowest BCUT2D eigenvalue weighted by Crippen LogP contribution is -2.16. The monoisotopic (exact) mass is 488 g/mol. The summed E-state index contributed by atoms with van der Waals surface area (Å²) >= 11 is 0. The molecule has 0 aromatic carbocycles. The quantitative estimate of drug-likeness (QED) is 0.395. The van der Waals surface area contributed by atoms with Crippen LogP contribution in [0.5, 0.6) is 0 Å². The van der Waals surface area contributed by atoms with Crippen molar-refractivity contribution in [2.75, 3.05) is 60.4 Å². The molecule has 34 heavy (non-hydrogen) atoms. The zero-order chi connectivity index (χ0) is 26.6. The van der Waals surface area contributed by atoms with Gasteiger partial charge in [0.15, 0.2) is 0 Å². The van der Waals surface area contributed by atoms with Gasteiger partial charge < -0.3 is 14.7 Å². The van der Waals surface area contributed by atoms with E-state index in [1.807, 2.05) is 41.5 Å². The summed E-state index contributed by atoms with van der Waals surface area (Å²) in [6.07, 6.45) is 4.23. The van der Waals surface area contributed by atoms with Crippen LogP contribution in [0.2, 0.25) is 0 Å². The van der Waals surface area contributed by atoms with Gasteiger partial charge in [0.1, 0.15) is 0 Å². The van der Waals surface area contributed by atoms with Gasteiger partial charge in [-0.05, 0) is 95.5 Å². The fourth-order valence-corrected chi connectivity index (χ4v) is 4.54. The van der Waals surface area contributed by atoms with Crippen LogP contribution in [-0.2, 0) is 0 Å². The van der Waals surface area contributed by atoms with Crippen molar-refractivity contribution in [3.63, 3.8) is 0 Å². The third-order valence-electron chi connectivity index (χ3n) is 7.11. The minimum atomic E-state index is 0. The second kappa shape index (κ2) is 26.0. The molecule has 3 aliphatic heterocycles. The van der Waals surface area contributed by atoms with Gasteiger partial charge in [0, 0.05) is 19.6 Å². The van der Waals surface area contributed by atoms with Crippen LogP contribution in [-0.4, -0.2) is 75.1 Å². The van der Waals surface area contributed by atoms with Gasteiger partial charge in [-0.2, -0.15) is 0 Å². The van der Waals surface area contributed by atoms with E-state index in [1.54, 1.807) is 0 Å². The molecular formula is C31H73N3. The molecular weight excluding hydrogens is 414 g/mol. The third kappa shape index (κ3) is 20.1. The lowest BCUT2D eigenvalue weighted by molar-refractivity contribution is 0.352. The summed E-state index contributed by atoms with van der Waals surface area (Å²) in [6, 6.07) is 0. The molecule has 3 rings (SSSR count). The predicted molar refractivity (Wildman–Crippen MR) is 162 cm³/mol. The van der Waals surface area contributed by atoms with E-state index in [-0.39, 0.29) is 7.43 Å². The molecule has 3 atom stereocenters. The molecule has 3 nitrogen and oxygen atoms in total. The van der Waals surface area contributed by atoms with E-state index in [2.05, 4.69) is 77.4 Å². The summed E-state index contributed by atoms with van der Waals surface area (Å²) in [5.74, 6) is 5.56. The summed E-state index contributed by atoms with van der Waals surface area (Å²) in [5, 5.41) is 0. The van der Waals surface area contributed by atoms with Crippen LogP contribution in [0.25, 0.3) is 0 Å². The van der Waals surface area contributed by atoms with Crippen molar-refractivity contribution in [1.29, 1.82) is 0 Å². The van der Waals surface area contributed by atoms with E-state index in [4.69, 9.17) is 0 Å². The number of nitrogens with zero attached hydrogens (tertiary/aromatic N) is 3. The normalized spacial score (nSPS) is 24.4. The second-order valence-electron chi connectivity index (χ2n) is 10.7. The van der Waals surface area contributed by atoms with Gasteiger partial charge in [-0.3, -0.25) is 0 Å². The fourth-order valence-electron chi connectivity index (χ4n) is 4.54. The largest absolute Gasteiger partial charge is 0.306 e. The molecule has 212 valence electrons. The van der Waals surface area contributed by atoms with Gasteiger partial charge in [-0.15, -0.1) is 0 Å². The summed E-state index contributed by atoms with van der Waals surface area (Å²) in [4.78, 5) is 7.26. The molecule has 3 aliphatic rings. The van der Waals surface area contributed by atoms with Crippen LogP contribution in [0.3, 0.4) is 0 Å². The lowest BCUT2D eigenvalue weighted by Gasteiger charge is -2.13. The zero-order valence-electron chi connectivity index (χ0n) is 26.2. The highest BCUT2D eigenvalue weighted by molar-refractivity contribution is 4.76. The van der Waals surface area contributed by atoms with Crippen LogP contribution in [0.4, 0.5) is 0 Å². The Bertz CT molecular complexity index is 324. The Hall–Kier alpha value is -0.120. The Kier molecular flexibility index (Phi) is 31.3. The van der Waals surface area contributed by atoms with Crippen LogP contribution < -0.4 is 0 Å². The molecule has 0 bridgehead atoms. The summed E-state index contributed by atoms with van der Waals surface area (Å²) in [5.41, 5.74) is 0. The molecule has 0 spiro atoms. The zero-order valence-corrected chi connectivity index (χ0v) is 26.2. The van der Waals surface area contributed by atoms with Crippen LogP contribution in [0, 0.1) is 35.5 Å². The SMILES string of the molecule is C.CC.CC.CC.CC(C)C1CCN(C)C1.CC(C)[C@@H]1CCN(C)C1.CC(C)[C@H]1CCN(C)C1. The first-order valence-corrected chi connectivity index (χ1v) is 14.7. The topological polar surface area (TPSA) is 9.72 Å². The van der Waals surface area contributed by atoms with E-state index in [0.717, 1.165) is 35.5 Å². The van der Waals surface area contributed by atoms with E-state index < -0.39 is 0 Å². The summed E-state index contributed by atoms with van der Waals surface area (Å²) in [6.45, 7) is 33.8. The Balaban J connectivity index is -0.000000176. The van der Waals surface area contributed by atoms with Crippen LogP contribution >= 0.6 is 0 Å². The predicted octanol–water partition coefficient (Wildman–Crippen LogP) is 8.50. The van der Waals surface area contributed by atoms with Gasteiger partial charge in [-0.1, -0.05) is 90.5 Å². The molecule has 3 heterocycles. The smallest absolute Gasteiger partial charge is 0.000953 e. The number of hydrogen-bond donors (Lipinski definition) is 0. The first kappa shape index (κ1) is 41.0. The van der Waals surface area contributed by atoms with Gasteiger partial charge in [-0.25, -0.2) is 0 Å². The van der Waals surface area contributed by atoms with Gasteiger partial charge >= 0.3 is 0 Å². The molecule has 3 heteroatoms. The van der Waals surface area contributed by atoms with Crippen molar-refractivity contribution in [2.45, 2.75) is 110 Å². The van der Waals surface area contributed by atoms with Crippen LogP contribution in [0.1, 0.15) is 110 Å². The van der Waals surface area contributed by atoms with Crippen molar-refractivity contribution in [2.24, 2.45) is 35.5 Å². The van der Waals surface area contributed by atoms with Crippen molar-refractivity contribution in [1.82, 2.24) is 14.7 Å². The summed E-state index contributed by atoms with van der Waals surface area (Å²) < 4.78 is 0. The maximum atomic E-state index is 2.42. The number of hydrogen-bond acceptors (Lipinski definition) is 3. The minimum Gasteiger partial charge on any atom is -0.306 e. The summed E-state index contributed by atoms with van der Waals surface area (Å²) in [7, 11) is 6.63. The maximum absolute atomic E-state index is 2.42. The average molecular weight is 488 g/mol. The van der Waals surface area contributed by atoms with Crippen molar-refractivity contribution in [3.8, 4) is 0 Å². The highest BCUT2D eigenvalue weighted by atomic mass is 15.1. The Morgan fingerprint density at radius 2 is 0.618 bits per heavy atom. The van der Waals surface area contributed by atoms with E-state index >= 15 is 0 Å². The van der Waals surface area contributed by atoms with Crippen molar-refractivity contribution in [3.05, 3.63) is 0 Å². The molecule has 3 fully saturated rings. The average Bonchev–Trinajstić information content (AvgIpc) is 3.55. The Morgan fingerprint density at radius 3 is 0.676 bits per heavy atom. The molecule has 0 aromatic rings. The second-order valence-corrected chi connectivity index (χ2v) is 10.7. The highest BCUT2D eigenvalue weighted by Crippen LogP contribution is 2.23. The molecule has 0 aromatic heterocycles. The molecule has 0 amide bonds. The van der Waals surface area contributed by atoms with Crippen molar-refractivity contribution >= 4 is 0 Å². The highest BCUT2D eigenvalue weighted by Gasteiger charge is 2.22. The van der Waals surface area contributed by atoms with E-state index in [9.17, 15) is 0 Å². The first-order chi connectivity index (χ1) is 15.6. The number of rotatable bonds is 3. The van der Waals surface area contributed by atoms with Gasteiger partial charge in [0.05, 0.1) is 0 Å². The fraction of sp³-hybridized carbons (Fsp3) is 1.00. The number of likely N-dealkylation sites (tertiary alicyclic amines) is 3. The Labute approximate surface area is 220 Å². The molecule has 0 radical (unpaired) electrons. The standard InChI is InChI=1S/3C8H17N.3C2H6.CH4/c3*1-7(2)8-4-5-9(3)6-8;3*1-2;/h3*7-8H,4-6H2,1-3H3;3*1-2H3;1H4/t2*8-;;;;;/m10...../s1.